The fourth-order valence-corrected chi connectivity index (χ4v) is 3.11. The average molecular weight is 288 g/mol. The van der Waals surface area contributed by atoms with Gasteiger partial charge in [0.05, 0.1) is 5.52 Å². The summed E-state index contributed by atoms with van der Waals surface area (Å²) < 4.78 is 0.290. The first-order valence-electron chi connectivity index (χ1n) is 7.21. The van der Waals surface area contributed by atoms with Crippen molar-refractivity contribution in [2.24, 2.45) is 0 Å². The van der Waals surface area contributed by atoms with E-state index < -0.39 is 0 Å². The van der Waals surface area contributed by atoms with Crippen molar-refractivity contribution in [1.29, 1.82) is 0 Å². The minimum Gasteiger partial charge on any atom is -0.309 e. The lowest BCUT2D eigenvalue weighted by atomic mass is 10.1. The number of hydrogen-bond acceptors (Lipinski definition) is 3. The van der Waals surface area contributed by atoms with E-state index in [0.29, 0.717) is 6.04 Å². The average Bonchev–Trinajstić information content (AvgIpc) is 2.42. The monoisotopic (exact) mass is 288 g/mol. The summed E-state index contributed by atoms with van der Waals surface area (Å²) in [5.74, 6) is 1.07. The van der Waals surface area contributed by atoms with E-state index in [1.165, 1.54) is 10.9 Å². The molecule has 1 unspecified atom stereocenters. The lowest BCUT2D eigenvalue weighted by molar-refractivity contribution is 0.602. The second-order valence-electron chi connectivity index (χ2n) is 5.99. The van der Waals surface area contributed by atoms with Gasteiger partial charge in [0.25, 0.3) is 0 Å². The Balaban J connectivity index is 2.21. The van der Waals surface area contributed by atoms with Gasteiger partial charge in [0.15, 0.2) is 0 Å². The number of hydrogen-bond donors (Lipinski definition) is 1. The van der Waals surface area contributed by atoms with Crippen molar-refractivity contribution in [3.63, 3.8) is 0 Å². The molecule has 2 aromatic rings. The number of pyridine rings is 1. The van der Waals surface area contributed by atoms with Gasteiger partial charge < -0.3 is 5.32 Å². The number of nitrogens with zero attached hydrogens (tertiary/aromatic N) is 1. The Bertz CT molecular complexity index is 560. The number of nitrogens with one attached hydrogen (secondary N) is 1. The Hall–Kier alpha value is -1.06. The van der Waals surface area contributed by atoms with Gasteiger partial charge in [-0.3, -0.25) is 4.98 Å². The predicted octanol–water partition coefficient (Wildman–Crippen LogP) is 4.42. The van der Waals surface area contributed by atoms with E-state index >= 15 is 0 Å². The van der Waals surface area contributed by atoms with Gasteiger partial charge in [-0.1, -0.05) is 45.9 Å². The van der Waals surface area contributed by atoms with E-state index in [1.807, 2.05) is 24.0 Å². The number of rotatable bonds is 5. The van der Waals surface area contributed by atoms with E-state index in [0.717, 1.165) is 17.8 Å². The normalized spacial score (nSPS) is 13.6. The summed E-state index contributed by atoms with van der Waals surface area (Å²) in [4.78, 5) is 4.58. The highest BCUT2D eigenvalue weighted by Gasteiger charge is 2.17. The summed E-state index contributed by atoms with van der Waals surface area (Å²) >= 11 is 1.99. The van der Waals surface area contributed by atoms with Crippen LogP contribution in [0.15, 0.2) is 36.5 Å². The predicted molar refractivity (Wildman–Crippen MR) is 90.4 cm³/mol. The summed E-state index contributed by atoms with van der Waals surface area (Å²) in [6, 6.07) is 10.9. The van der Waals surface area contributed by atoms with Crippen LogP contribution >= 0.6 is 11.8 Å². The van der Waals surface area contributed by atoms with Crippen LogP contribution < -0.4 is 5.32 Å². The Morgan fingerprint density at radius 1 is 1.25 bits per heavy atom. The van der Waals surface area contributed by atoms with Crippen LogP contribution in [0.1, 0.15) is 39.3 Å². The highest BCUT2D eigenvalue weighted by atomic mass is 32.2. The van der Waals surface area contributed by atoms with Crippen LogP contribution in [0.2, 0.25) is 0 Å². The highest BCUT2D eigenvalue weighted by Crippen LogP contribution is 2.29. The van der Waals surface area contributed by atoms with Crippen LogP contribution in [-0.2, 0) is 0 Å². The van der Waals surface area contributed by atoms with Gasteiger partial charge in [-0.05, 0) is 24.2 Å². The first kappa shape index (κ1) is 15.3. The van der Waals surface area contributed by atoms with Crippen molar-refractivity contribution in [3.05, 3.63) is 42.1 Å². The smallest absolute Gasteiger partial charge is 0.0702 e. The zero-order valence-corrected chi connectivity index (χ0v) is 13.6. The number of benzene rings is 1. The maximum atomic E-state index is 4.58. The Morgan fingerprint density at radius 3 is 2.70 bits per heavy atom. The molecule has 2 nitrogen and oxygen atoms in total. The Morgan fingerprint density at radius 2 is 2.00 bits per heavy atom. The molecule has 1 N–H and O–H groups in total. The molecule has 0 aliphatic carbocycles. The second-order valence-corrected chi connectivity index (χ2v) is 7.84. The lowest BCUT2D eigenvalue weighted by Crippen LogP contribution is -2.25. The minimum atomic E-state index is 0.290. The zero-order chi connectivity index (χ0) is 14.6. The fourth-order valence-electron chi connectivity index (χ4n) is 2.13. The molecular weight excluding hydrogens is 264 g/mol. The van der Waals surface area contributed by atoms with Crippen molar-refractivity contribution in [3.8, 4) is 0 Å². The van der Waals surface area contributed by atoms with E-state index in [1.54, 1.807) is 0 Å². The largest absolute Gasteiger partial charge is 0.309 e. The molecule has 0 aliphatic heterocycles. The standard InChI is InChI=1S/C17H24N2S/c1-5-18-16(12-20-17(2,3)4)14-10-13-8-6-7-9-15(13)19-11-14/h6-11,16,18H,5,12H2,1-4H3. The van der Waals surface area contributed by atoms with Crippen LogP contribution in [-0.4, -0.2) is 22.0 Å². The molecule has 1 aromatic carbocycles. The molecule has 0 amide bonds. The molecule has 108 valence electrons. The molecule has 0 spiro atoms. The van der Waals surface area contributed by atoms with E-state index in [4.69, 9.17) is 0 Å². The topological polar surface area (TPSA) is 24.9 Å². The Kier molecular flexibility index (Phi) is 5.06. The molecule has 0 bridgehead atoms. The zero-order valence-electron chi connectivity index (χ0n) is 12.8. The summed E-state index contributed by atoms with van der Waals surface area (Å²) in [5, 5.41) is 4.79. The van der Waals surface area contributed by atoms with Gasteiger partial charge in [-0.25, -0.2) is 0 Å². The van der Waals surface area contributed by atoms with Gasteiger partial charge >= 0.3 is 0 Å². The van der Waals surface area contributed by atoms with Crippen molar-refractivity contribution in [2.75, 3.05) is 12.3 Å². The molecule has 0 radical (unpaired) electrons. The summed E-state index contributed by atoms with van der Waals surface area (Å²) in [5.41, 5.74) is 2.34. The molecule has 1 atom stereocenters. The van der Waals surface area contributed by atoms with Gasteiger partial charge in [0.2, 0.25) is 0 Å². The quantitative estimate of drug-likeness (QED) is 0.881. The van der Waals surface area contributed by atoms with Crippen LogP contribution in [0.4, 0.5) is 0 Å². The first-order valence-corrected chi connectivity index (χ1v) is 8.20. The van der Waals surface area contributed by atoms with E-state index in [2.05, 4.69) is 62.3 Å². The molecule has 3 heteroatoms. The van der Waals surface area contributed by atoms with Crippen LogP contribution in [0.3, 0.4) is 0 Å². The van der Waals surface area contributed by atoms with Gasteiger partial charge in [-0.15, -0.1) is 0 Å². The molecule has 1 aromatic heterocycles. The molecule has 0 saturated heterocycles. The molecule has 0 aliphatic rings. The first-order chi connectivity index (χ1) is 9.49. The molecule has 1 heterocycles. The number of thioether (sulfide) groups is 1. The maximum absolute atomic E-state index is 4.58. The van der Waals surface area contributed by atoms with Crippen molar-refractivity contribution in [1.82, 2.24) is 10.3 Å². The molecule has 2 rings (SSSR count). The van der Waals surface area contributed by atoms with Crippen molar-refractivity contribution >= 4 is 22.7 Å². The number of aromatic nitrogens is 1. The van der Waals surface area contributed by atoms with E-state index in [-0.39, 0.29) is 4.75 Å². The van der Waals surface area contributed by atoms with E-state index in [9.17, 15) is 0 Å². The third kappa shape index (κ3) is 4.22. The minimum absolute atomic E-state index is 0.290. The third-order valence-electron chi connectivity index (χ3n) is 3.15. The summed E-state index contributed by atoms with van der Waals surface area (Å²) in [7, 11) is 0. The molecule has 0 saturated carbocycles. The fraction of sp³-hybridized carbons (Fsp3) is 0.471. The van der Waals surface area contributed by atoms with Crippen molar-refractivity contribution < 1.29 is 0 Å². The second kappa shape index (κ2) is 6.59. The SMILES string of the molecule is CCNC(CSC(C)(C)C)c1cnc2ccccc2c1. The highest BCUT2D eigenvalue weighted by molar-refractivity contribution is 8.00. The van der Waals surface area contributed by atoms with Crippen LogP contribution in [0.5, 0.6) is 0 Å². The third-order valence-corrected chi connectivity index (χ3v) is 4.51. The van der Waals surface area contributed by atoms with Crippen LogP contribution in [0, 0.1) is 0 Å². The molecule has 20 heavy (non-hydrogen) atoms. The summed E-state index contributed by atoms with van der Waals surface area (Å²) in [6.45, 7) is 9.92. The van der Waals surface area contributed by atoms with Gasteiger partial charge in [0.1, 0.15) is 0 Å². The van der Waals surface area contributed by atoms with Gasteiger partial charge in [-0.2, -0.15) is 11.8 Å². The number of para-hydroxylation sites is 1. The molecular formula is C17H24N2S. The summed E-state index contributed by atoms with van der Waals surface area (Å²) in [6.07, 6.45) is 2.01. The lowest BCUT2D eigenvalue weighted by Gasteiger charge is -2.24. The molecule has 0 fully saturated rings. The Labute approximate surface area is 126 Å². The van der Waals surface area contributed by atoms with Gasteiger partial charge in [0, 0.05) is 28.1 Å². The number of fused-ring (bicyclic) bond motifs is 1. The maximum Gasteiger partial charge on any atom is 0.0702 e. The van der Waals surface area contributed by atoms with Crippen molar-refractivity contribution in [2.45, 2.75) is 38.5 Å². The van der Waals surface area contributed by atoms with Crippen LogP contribution in [0.25, 0.3) is 10.9 Å².